The Morgan fingerprint density at radius 1 is 0.861 bits per heavy atom. The van der Waals surface area contributed by atoms with Gasteiger partial charge in [-0.1, -0.05) is 65.7 Å². The van der Waals surface area contributed by atoms with E-state index in [0.29, 0.717) is 38.1 Å². The zero-order valence-corrected chi connectivity index (χ0v) is 20.0. The van der Waals surface area contributed by atoms with Gasteiger partial charge in [-0.3, -0.25) is 15.1 Å². The molecule has 0 bridgehead atoms. The highest BCUT2D eigenvalue weighted by Crippen LogP contribution is 2.39. The first-order valence-corrected chi connectivity index (χ1v) is 11.5. The number of carboxylic acid groups (broad SMARTS) is 1. The lowest BCUT2D eigenvalue weighted by molar-refractivity contribution is -0.111. The molecule has 0 aromatic heterocycles. The number of hydrogen-bond acceptors (Lipinski definition) is 5. The number of rotatable bonds is 5. The van der Waals surface area contributed by atoms with Crippen molar-refractivity contribution in [2.75, 3.05) is 10.3 Å². The summed E-state index contributed by atoms with van der Waals surface area (Å²) >= 11 is 12.2. The molecule has 178 valence electrons. The second kappa shape index (κ2) is 9.37. The molecule has 5 rings (SSSR count). The molecule has 1 aliphatic rings. The molecule has 1 amide bonds. The van der Waals surface area contributed by atoms with E-state index >= 15 is 0 Å². The van der Waals surface area contributed by atoms with Gasteiger partial charge in [0.2, 0.25) is 0 Å². The molecule has 0 atom stereocenters. The fraction of sp³-hybridized carbons (Fsp3) is 0. The number of benzene rings is 4. The number of carbonyl (C=O) groups excluding carboxylic acids is 1. The van der Waals surface area contributed by atoms with Crippen molar-refractivity contribution in [1.82, 2.24) is 0 Å². The first kappa shape index (κ1) is 23.4. The molecule has 0 saturated carbocycles. The maximum absolute atomic E-state index is 13.4. The van der Waals surface area contributed by atoms with Gasteiger partial charge in [0.1, 0.15) is 5.75 Å². The molecule has 4 aromatic rings. The quantitative estimate of drug-likeness (QED) is 0.205. The van der Waals surface area contributed by atoms with Crippen LogP contribution in [0.25, 0.3) is 11.1 Å². The number of halogens is 2. The highest BCUT2D eigenvalue weighted by Gasteiger charge is 2.35. The van der Waals surface area contributed by atoms with Crippen LogP contribution in [0.5, 0.6) is 5.75 Å². The third-order valence-corrected chi connectivity index (χ3v) is 6.45. The van der Waals surface area contributed by atoms with Crippen molar-refractivity contribution in [3.05, 3.63) is 106 Å². The highest BCUT2D eigenvalue weighted by atomic mass is 35.5. The number of carboxylic acids is 1. The van der Waals surface area contributed by atoms with Gasteiger partial charge in [-0.05, 0) is 48.0 Å². The van der Waals surface area contributed by atoms with E-state index in [2.05, 4.69) is 10.5 Å². The van der Waals surface area contributed by atoms with Gasteiger partial charge < -0.3 is 10.2 Å². The Morgan fingerprint density at radius 2 is 1.61 bits per heavy atom. The number of nitrogens with zero attached hydrogens (tertiary/aromatic N) is 2. The molecule has 3 N–H and O–H groups in total. The molecule has 36 heavy (non-hydrogen) atoms. The van der Waals surface area contributed by atoms with E-state index in [9.17, 15) is 19.8 Å². The van der Waals surface area contributed by atoms with Crippen LogP contribution in [0.1, 0.15) is 15.9 Å². The van der Waals surface area contributed by atoms with Crippen molar-refractivity contribution in [2.24, 2.45) is 5.10 Å². The normalized spacial score (nSPS) is 13.7. The lowest BCUT2D eigenvalue weighted by Gasteiger charge is -2.17. The Kier molecular flexibility index (Phi) is 6.10. The average molecular weight is 518 g/mol. The molecule has 7 nitrogen and oxygen atoms in total. The third kappa shape index (κ3) is 4.15. The Bertz CT molecular complexity index is 1570. The molecule has 0 fully saturated rings. The van der Waals surface area contributed by atoms with Crippen molar-refractivity contribution >= 4 is 57.9 Å². The third-order valence-electron chi connectivity index (χ3n) is 5.71. The predicted octanol–water partition coefficient (Wildman–Crippen LogP) is 6.56. The van der Waals surface area contributed by atoms with Gasteiger partial charge in [-0.2, -0.15) is 5.10 Å². The van der Waals surface area contributed by atoms with E-state index in [1.54, 1.807) is 66.7 Å². The minimum Gasteiger partial charge on any atom is -0.505 e. The van der Waals surface area contributed by atoms with E-state index < -0.39 is 5.97 Å². The van der Waals surface area contributed by atoms with Crippen LogP contribution in [0.2, 0.25) is 10.0 Å². The summed E-state index contributed by atoms with van der Waals surface area (Å²) in [5, 5.41) is 25.2. The summed E-state index contributed by atoms with van der Waals surface area (Å²) in [5.74, 6) is -1.58. The Labute approximate surface area is 215 Å². The number of aromatic hydroxyl groups is 1. The minimum absolute atomic E-state index is 0.0982. The van der Waals surface area contributed by atoms with Gasteiger partial charge in [0.05, 0.1) is 32.7 Å². The zero-order chi connectivity index (χ0) is 25.4. The molecular weight excluding hydrogens is 501 g/mol. The number of para-hydroxylation sites is 2. The molecule has 0 spiro atoms. The highest BCUT2D eigenvalue weighted by molar-refractivity contribution is 6.56. The van der Waals surface area contributed by atoms with E-state index in [4.69, 9.17) is 23.2 Å². The number of hydrazone groups is 1. The van der Waals surface area contributed by atoms with Crippen molar-refractivity contribution < 1.29 is 19.8 Å². The van der Waals surface area contributed by atoms with E-state index in [1.807, 2.05) is 6.07 Å². The largest absolute Gasteiger partial charge is 0.505 e. The van der Waals surface area contributed by atoms with E-state index in [1.165, 1.54) is 17.0 Å². The standard InChI is InChI=1S/C27H17Cl2N3O4/c28-20-12-11-17(14-21(20)29)32-23-10-2-1-7-19(23)24(26(32)34)31-30-22-9-4-8-18(25(22)33)15-5-3-6-16(13-15)27(35)36/h1-14,30,33H,(H,35,36). The Balaban J connectivity index is 1.51. The lowest BCUT2D eigenvalue weighted by Crippen LogP contribution is -2.26. The average Bonchev–Trinajstić information content (AvgIpc) is 3.16. The van der Waals surface area contributed by atoms with Crippen molar-refractivity contribution in [1.29, 1.82) is 0 Å². The number of amides is 1. The summed E-state index contributed by atoms with van der Waals surface area (Å²) in [7, 11) is 0. The molecular formula is C27H17Cl2N3O4. The second-order valence-corrected chi connectivity index (χ2v) is 8.73. The fourth-order valence-corrected chi connectivity index (χ4v) is 4.28. The Hall–Kier alpha value is -4.33. The molecule has 0 saturated heterocycles. The number of phenols is 1. The van der Waals surface area contributed by atoms with E-state index in [0.717, 1.165) is 0 Å². The Morgan fingerprint density at radius 3 is 2.39 bits per heavy atom. The van der Waals surface area contributed by atoms with Gasteiger partial charge in [-0.25, -0.2) is 4.79 Å². The summed E-state index contributed by atoms with van der Waals surface area (Å²) in [4.78, 5) is 26.2. The van der Waals surface area contributed by atoms with Crippen molar-refractivity contribution in [2.45, 2.75) is 0 Å². The summed E-state index contributed by atoms with van der Waals surface area (Å²) < 4.78 is 0. The maximum atomic E-state index is 13.4. The SMILES string of the molecule is O=C(O)c1cccc(-c2cccc(NN=C3C(=O)N(c4ccc(Cl)c(Cl)c4)c4ccccc43)c2O)c1. The van der Waals surface area contributed by atoms with Crippen LogP contribution in [-0.4, -0.2) is 27.8 Å². The van der Waals surface area contributed by atoms with Crippen LogP contribution in [0, 0.1) is 0 Å². The first-order valence-electron chi connectivity index (χ1n) is 10.7. The molecule has 9 heteroatoms. The molecule has 0 unspecified atom stereocenters. The number of fused-ring (bicyclic) bond motifs is 1. The van der Waals surface area contributed by atoms with Gasteiger partial charge in [-0.15, -0.1) is 0 Å². The second-order valence-electron chi connectivity index (χ2n) is 7.92. The van der Waals surface area contributed by atoms with Crippen LogP contribution < -0.4 is 10.3 Å². The van der Waals surface area contributed by atoms with Crippen LogP contribution in [-0.2, 0) is 4.79 Å². The molecule has 0 aliphatic carbocycles. The maximum Gasteiger partial charge on any atom is 0.335 e. The smallest absolute Gasteiger partial charge is 0.335 e. The molecule has 1 aliphatic heterocycles. The molecule has 1 heterocycles. The topological polar surface area (TPSA) is 102 Å². The van der Waals surface area contributed by atoms with Crippen molar-refractivity contribution in [3.8, 4) is 16.9 Å². The number of hydrogen-bond donors (Lipinski definition) is 3. The number of aromatic carboxylic acids is 1. The lowest BCUT2D eigenvalue weighted by atomic mass is 10.0. The molecule has 4 aromatic carbocycles. The van der Waals surface area contributed by atoms with Gasteiger partial charge in [0, 0.05) is 11.1 Å². The van der Waals surface area contributed by atoms with Crippen molar-refractivity contribution in [3.63, 3.8) is 0 Å². The number of phenolic OH excluding ortho intramolecular Hbond substituents is 1. The van der Waals surface area contributed by atoms with Gasteiger partial charge in [0.25, 0.3) is 5.91 Å². The number of anilines is 3. The summed E-state index contributed by atoms with van der Waals surface area (Å²) in [6.45, 7) is 0. The fourth-order valence-electron chi connectivity index (χ4n) is 3.99. The van der Waals surface area contributed by atoms with E-state index in [-0.39, 0.29) is 28.6 Å². The monoisotopic (exact) mass is 517 g/mol. The number of carbonyl (C=O) groups is 2. The summed E-state index contributed by atoms with van der Waals surface area (Å²) in [6, 6.07) is 23.3. The van der Waals surface area contributed by atoms with Gasteiger partial charge in [0.15, 0.2) is 5.71 Å². The zero-order valence-electron chi connectivity index (χ0n) is 18.4. The minimum atomic E-state index is -1.07. The number of nitrogens with one attached hydrogen (secondary N) is 1. The van der Waals surface area contributed by atoms with Crippen LogP contribution in [0.15, 0.2) is 90.0 Å². The summed E-state index contributed by atoms with van der Waals surface area (Å²) in [5.41, 5.74) is 6.00. The summed E-state index contributed by atoms with van der Waals surface area (Å²) in [6.07, 6.45) is 0. The van der Waals surface area contributed by atoms with Crippen LogP contribution in [0.3, 0.4) is 0 Å². The first-order chi connectivity index (χ1) is 17.3. The van der Waals surface area contributed by atoms with Crippen LogP contribution >= 0.6 is 23.2 Å². The molecule has 0 radical (unpaired) electrons. The van der Waals surface area contributed by atoms with Gasteiger partial charge >= 0.3 is 5.97 Å². The predicted molar refractivity (Wildman–Crippen MR) is 141 cm³/mol. The van der Waals surface area contributed by atoms with Crippen LogP contribution in [0.4, 0.5) is 17.1 Å².